The van der Waals surface area contributed by atoms with Crippen molar-refractivity contribution in [1.82, 2.24) is 25.3 Å². The number of anilines is 1. The predicted molar refractivity (Wildman–Crippen MR) is 172 cm³/mol. The number of likely N-dealkylation sites (tertiary alicyclic amines) is 1. The Labute approximate surface area is 263 Å². The number of nitrogens with one attached hydrogen (secondary N) is 3. The van der Waals surface area contributed by atoms with Crippen molar-refractivity contribution in [2.24, 2.45) is 4.99 Å². The number of para-hydroxylation sites is 1. The third kappa shape index (κ3) is 7.42. The van der Waals surface area contributed by atoms with Gasteiger partial charge in [0.25, 0.3) is 5.91 Å². The Kier molecular flexibility index (Phi) is 10.6. The summed E-state index contributed by atoms with van der Waals surface area (Å²) >= 11 is 0. The fourth-order valence-corrected chi connectivity index (χ4v) is 5.92. The van der Waals surface area contributed by atoms with Gasteiger partial charge >= 0.3 is 6.03 Å². The van der Waals surface area contributed by atoms with E-state index in [0.717, 1.165) is 24.3 Å². The largest absolute Gasteiger partial charge is 0.475 e. The molecule has 0 saturated carbocycles. The van der Waals surface area contributed by atoms with Gasteiger partial charge in [-0.15, -0.1) is 0 Å². The number of aliphatic hydroxyl groups is 1. The van der Waals surface area contributed by atoms with Crippen molar-refractivity contribution >= 4 is 24.0 Å². The highest BCUT2D eigenvalue weighted by Crippen LogP contribution is 2.34. The topological polar surface area (TPSA) is 142 Å². The average Bonchev–Trinajstić information content (AvgIpc) is 3.63. The van der Waals surface area contributed by atoms with E-state index >= 15 is 0 Å². The lowest BCUT2D eigenvalue weighted by Crippen LogP contribution is -2.42. The third-order valence-electron chi connectivity index (χ3n) is 8.18. The fraction of sp³-hybridized carbons (Fsp3) is 0.394. The maximum Gasteiger partial charge on any atom is 0.320 e. The first-order valence-electron chi connectivity index (χ1n) is 15.1. The lowest BCUT2D eigenvalue weighted by molar-refractivity contribution is -0.117. The predicted octanol–water partition coefficient (Wildman–Crippen LogP) is 2.94. The van der Waals surface area contributed by atoms with Crippen LogP contribution in [0.15, 0.2) is 77.1 Å². The molecule has 3 amide bonds. The van der Waals surface area contributed by atoms with Gasteiger partial charge in [0.1, 0.15) is 12.4 Å². The fourth-order valence-electron chi connectivity index (χ4n) is 5.92. The number of carbonyl (C=O) groups is 2. The van der Waals surface area contributed by atoms with E-state index in [2.05, 4.69) is 38.0 Å². The molecule has 3 aromatic rings. The number of hydrogen-bond acceptors (Lipinski definition) is 8. The van der Waals surface area contributed by atoms with Crippen LogP contribution < -0.4 is 16.0 Å². The standard InChI is InChI=1S/C33H41N7O5/c1-22-29(24-18-26(31(42)34-2)32(35-19-24)45-17-15-41)38-40(25-12-8-5-9-13-25)30(22)37-33(43)36-28-21-39(14-16-44-3)20-27(28)23-10-6-4-7-11-23/h4-13,19,24,27-28,41H,14-18,20-21H2,1-3H3,(H,34,42)(H2,36,37,43)/t24?,27-,28+/m0/s1. The van der Waals surface area contributed by atoms with E-state index in [-0.39, 0.29) is 48.9 Å². The number of likely N-dealkylation sites (N-methyl/N-ethyl adjacent to an activating group) is 1. The van der Waals surface area contributed by atoms with E-state index in [1.807, 2.05) is 55.5 Å². The van der Waals surface area contributed by atoms with Crippen LogP contribution in [0.5, 0.6) is 0 Å². The number of nitrogens with zero attached hydrogens (tertiary/aromatic N) is 4. The maximum absolute atomic E-state index is 13.7. The van der Waals surface area contributed by atoms with Crippen molar-refractivity contribution in [2.75, 3.05) is 58.9 Å². The van der Waals surface area contributed by atoms with Crippen LogP contribution in [0.3, 0.4) is 0 Å². The molecule has 1 aromatic heterocycles. The molecule has 3 atom stereocenters. The zero-order valence-corrected chi connectivity index (χ0v) is 25.9. The number of aliphatic hydroxyl groups excluding tert-OH is 1. The van der Waals surface area contributed by atoms with Crippen molar-refractivity contribution in [1.29, 1.82) is 0 Å². The van der Waals surface area contributed by atoms with Gasteiger partial charge in [0, 0.05) is 57.4 Å². The molecule has 2 aliphatic rings. The Morgan fingerprint density at radius 3 is 2.47 bits per heavy atom. The quantitative estimate of drug-likeness (QED) is 0.245. The van der Waals surface area contributed by atoms with Crippen LogP contribution in [0.2, 0.25) is 0 Å². The summed E-state index contributed by atoms with van der Waals surface area (Å²) in [5.74, 6) is 0.174. The summed E-state index contributed by atoms with van der Waals surface area (Å²) in [5, 5.41) is 23.1. The summed E-state index contributed by atoms with van der Waals surface area (Å²) in [6.07, 6.45) is 1.99. The molecule has 1 saturated heterocycles. The number of ether oxygens (including phenoxy) is 2. The Morgan fingerprint density at radius 1 is 1.04 bits per heavy atom. The second kappa shape index (κ2) is 15.0. The highest BCUT2D eigenvalue weighted by molar-refractivity contribution is 5.96. The normalized spacial score (nSPS) is 19.9. The van der Waals surface area contributed by atoms with Gasteiger partial charge in [0.2, 0.25) is 5.88 Å². The summed E-state index contributed by atoms with van der Waals surface area (Å²) < 4.78 is 12.6. The first-order chi connectivity index (χ1) is 21.9. The Bertz CT molecular complexity index is 1520. The third-order valence-corrected chi connectivity index (χ3v) is 8.18. The van der Waals surface area contributed by atoms with Crippen molar-refractivity contribution in [3.63, 3.8) is 0 Å². The van der Waals surface area contributed by atoms with E-state index in [1.165, 1.54) is 5.56 Å². The van der Waals surface area contributed by atoms with E-state index in [0.29, 0.717) is 36.7 Å². The Balaban J connectivity index is 1.41. The molecular formula is C33H41N7O5. The van der Waals surface area contributed by atoms with Crippen molar-refractivity contribution in [3.8, 4) is 5.69 Å². The number of urea groups is 1. The lowest BCUT2D eigenvalue weighted by atomic mass is 9.93. The zero-order valence-electron chi connectivity index (χ0n) is 25.9. The number of rotatable bonds is 12. The molecule has 2 aliphatic heterocycles. The van der Waals surface area contributed by atoms with Gasteiger partial charge < -0.3 is 25.2 Å². The first-order valence-corrected chi connectivity index (χ1v) is 15.1. The lowest BCUT2D eigenvalue weighted by Gasteiger charge is -2.21. The number of aromatic nitrogens is 2. The van der Waals surface area contributed by atoms with Crippen molar-refractivity contribution in [3.05, 3.63) is 88.9 Å². The molecule has 45 heavy (non-hydrogen) atoms. The summed E-state index contributed by atoms with van der Waals surface area (Å²) in [7, 11) is 3.24. The minimum atomic E-state index is -0.348. The molecule has 3 heterocycles. The van der Waals surface area contributed by atoms with E-state index in [4.69, 9.17) is 14.6 Å². The first kappa shape index (κ1) is 31.9. The van der Waals surface area contributed by atoms with Crippen LogP contribution >= 0.6 is 0 Å². The molecule has 1 unspecified atom stereocenters. The molecule has 0 bridgehead atoms. The summed E-state index contributed by atoms with van der Waals surface area (Å²) in [6, 6.07) is 19.4. The number of carbonyl (C=O) groups excluding carboxylic acids is 2. The maximum atomic E-state index is 13.7. The van der Waals surface area contributed by atoms with Crippen LogP contribution in [0.25, 0.3) is 5.69 Å². The molecule has 0 radical (unpaired) electrons. The monoisotopic (exact) mass is 615 g/mol. The van der Waals surface area contributed by atoms with Crippen LogP contribution in [-0.4, -0.2) is 97.6 Å². The molecule has 12 nitrogen and oxygen atoms in total. The number of hydrogen-bond donors (Lipinski definition) is 4. The van der Waals surface area contributed by atoms with Crippen LogP contribution in [-0.2, 0) is 14.3 Å². The molecule has 0 spiro atoms. The highest BCUT2D eigenvalue weighted by atomic mass is 16.5. The van der Waals surface area contributed by atoms with Gasteiger partial charge in [-0.2, -0.15) is 5.10 Å². The molecule has 238 valence electrons. The van der Waals surface area contributed by atoms with Gasteiger partial charge in [0.15, 0.2) is 0 Å². The van der Waals surface area contributed by atoms with Crippen molar-refractivity contribution < 1.29 is 24.2 Å². The molecule has 5 rings (SSSR count). The number of amides is 3. The summed E-state index contributed by atoms with van der Waals surface area (Å²) in [5.41, 5.74) is 3.75. The van der Waals surface area contributed by atoms with E-state index in [1.54, 1.807) is 25.1 Å². The molecule has 2 aromatic carbocycles. The van der Waals surface area contributed by atoms with E-state index < -0.39 is 0 Å². The molecule has 1 fully saturated rings. The second-order valence-corrected chi connectivity index (χ2v) is 11.1. The van der Waals surface area contributed by atoms with Gasteiger partial charge in [-0.05, 0) is 31.0 Å². The molecule has 12 heteroatoms. The molecule has 0 aliphatic carbocycles. The average molecular weight is 616 g/mol. The second-order valence-electron chi connectivity index (χ2n) is 11.1. The zero-order chi connectivity index (χ0) is 31.8. The van der Waals surface area contributed by atoms with Gasteiger partial charge in [0.05, 0.1) is 36.2 Å². The SMILES string of the molecule is CNC(=O)C1=C(OCCO)N=CC(c2nn(-c3ccccc3)c(NC(=O)N[C@@H]3CN(CCOC)C[C@H]3c3ccccc3)c2C)C1. The molecule has 4 N–H and O–H groups in total. The Morgan fingerprint density at radius 2 is 1.78 bits per heavy atom. The van der Waals surface area contributed by atoms with Gasteiger partial charge in [-0.3, -0.25) is 15.0 Å². The van der Waals surface area contributed by atoms with Crippen LogP contribution in [0, 0.1) is 6.92 Å². The van der Waals surface area contributed by atoms with Crippen LogP contribution in [0.1, 0.15) is 35.1 Å². The van der Waals surface area contributed by atoms with Gasteiger partial charge in [-0.25, -0.2) is 14.5 Å². The Hall–Kier alpha value is -4.52. The summed E-state index contributed by atoms with van der Waals surface area (Å²) in [6.45, 7) is 4.65. The van der Waals surface area contributed by atoms with Crippen LogP contribution in [0.4, 0.5) is 10.6 Å². The van der Waals surface area contributed by atoms with E-state index in [9.17, 15) is 14.7 Å². The number of aliphatic imine (C=N–C) groups is 1. The minimum absolute atomic E-state index is 0.0267. The number of benzene rings is 2. The van der Waals surface area contributed by atoms with Gasteiger partial charge in [-0.1, -0.05) is 48.5 Å². The smallest absolute Gasteiger partial charge is 0.320 e. The summed E-state index contributed by atoms with van der Waals surface area (Å²) in [4.78, 5) is 33.1. The highest BCUT2D eigenvalue weighted by Gasteiger charge is 2.35. The van der Waals surface area contributed by atoms with Crippen molar-refractivity contribution in [2.45, 2.75) is 31.2 Å². The number of methoxy groups -OCH3 is 1. The minimum Gasteiger partial charge on any atom is -0.475 e. The molecular weight excluding hydrogens is 574 g/mol.